The van der Waals surface area contributed by atoms with Crippen LogP contribution in [-0.4, -0.2) is 38.2 Å². The summed E-state index contributed by atoms with van der Waals surface area (Å²) < 4.78 is 4.64. The molecule has 0 heterocycles. The van der Waals surface area contributed by atoms with Gasteiger partial charge in [0.1, 0.15) is 0 Å². The highest BCUT2D eigenvalue weighted by Gasteiger charge is 2.25. The fourth-order valence-electron chi connectivity index (χ4n) is 2.18. The molecule has 1 aliphatic carbocycles. The first kappa shape index (κ1) is 11.3. The van der Waals surface area contributed by atoms with E-state index in [2.05, 4.69) is 4.74 Å². The first-order valence-electron chi connectivity index (χ1n) is 5.16. The fourth-order valence-corrected chi connectivity index (χ4v) is 2.18. The molecule has 0 spiro atoms. The van der Waals surface area contributed by atoms with Crippen molar-refractivity contribution in [1.29, 1.82) is 0 Å². The standard InChI is InChI=1S/C10H20N2O2/c1-12(10(13)14-2)7-9-4-3-8(5-9)6-11/h8-9H,3-7,11H2,1-2H3. The van der Waals surface area contributed by atoms with Gasteiger partial charge in [0.2, 0.25) is 0 Å². The van der Waals surface area contributed by atoms with E-state index < -0.39 is 0 Å². The van der Waals surface area contributed by atoms with Crippen LogP contribution < -0.4 is 5.73 Å². The maximum atomic E-state index is 11.1. The summed E-state index contributed by atoms with van der Waals surface area (Å²) in [6.07, 6.45) is 3.29. The van der Waals surface area contributed by atoms with Crippen molar-refractivity contribution in [2.45, 2.75) is 19.3 Å². The van der Waals surface area contributed by atoms with Crippen LogP contribution in [0.1, 0.15) is 19.3 Å². The number of hydrogen-bond donors (Lipinski definition) is 1. The third-order valence-electron chi connectivity index (χ3n) is 3.00. The second-order valence-corrected chi connectivity index (χ2v) is 4.13. The van der Waals surface area contributed by atoms with Crippen LogP contribution in [0.2, 0.25) is 0 Å². The van der Waals surface area contributed by atoms with Gasteiger partial charge in [-0.1, -0.05) is 0 Å². The minimum Gasteiger partial charge on any atom is -0.453 e. The molecule has 2 unspecified atom stereocenters. The molecule has 0 aliphatic heterocycles. The Kier molecular flexibility index (Phi) is 4.20. The zero-order valence-corrected chi connectivity index (χ0v) is 9.03. The highest BCUT2D eigenvalue weighted by molar-refractivity contribution is 5.66. The van der Waals surface area contributed by atoms with Crippen LogP contribution in [0.3, 0.4) is 0 Å². The highest BCUT2D eigenvalue weighted by atomic mass is 16.5. The second-order valence-electron chi connectivity index (χ2n) is 4.13. The van der Waals surface area contributed by atoms with E-state index in [0.29, 0.717) is 11.8 Å². The molecule has 1 aliphatic rings. The van der Waals surface area contributed by atoms with Crippen molar-refractivity contribution >= 4 is 6.09 Å². The lowest BCUT2D eigenvalue weighted by molar-refractivity contribution is 0.127. The smallest absolute Gasteiger partial charge is 0.409 e. The van der Waals surface area contributed by atoms with Crippen molar-refractivity contribution in [3.05, 3.63) is 0 Å². The Morgan fingerprint density at radius 3 is 2.64 bits per heavy atom. The molecule has 0 radical (unpaired) electrons. The second kappa shape index (κ2) is 5.20. The maximum Gasteiger partial charge on any atom is 0.409 e. The van der Waals surface area contributed by atoms with E-state index in [0.717, 1.165) is 19.5 Å². The molecule has 1 saturated carbocycles. The first-order chi connectivity index (χ1) is 6.67. The van der Waals surface area contributed by atoms with Crippen molar-refractivity contribution in [1.82, 2.24) is 4.90 Å². The van der Waals surface area contributed by atoms with E-state index in [1.54, 1.807) is 11.9 Å². The van der Waals surface area contributed by atoms with Crippen LogP contribution in [0, 0.1) is 11.8 Å². The van der Waals surface area contributed by atoms with Gasteiger partial charge in [-0.15, -0.1) is 0 Å². The number of nitrogens with zero attached hydrogens (tertiary/aromatic N) is 1. The average Bonchev–Trinajstić information content (AvgIpc) is 2.64. The largest absolute Gasteiger partial charge is 0.453 e. The van der Waals surface area contributed by atoms with E-state index in [4.69, 9.17) is 5.73 Å². The molecule has 82 valence electrons. The molecule has 1 fully saturated rings. The fraction of sp³-hybridized carbons (Fsp3) is 0.900. The summed E-state index contributed by atoms with van der Waals surface area (Å²) in [6.45, 7) is 1.57. The van der Waals surface area contributed by atoms with Gasteiger partial charge in [0.15, 0.2) is 0 Å². The van der Waals surface area contributed by atoms with E-state index in [9.17, 15) is 4.79 Å². The molecule has 0 aromatic heterocycles. The molecule has 0 aromatic carbocycles. The number of methoxy groups -OCH3 is 1. The van der Waals surface area contributed by atoms with Gasteiger partial charge >= 0.3 is 6.09 Å². The Labute approximate surface area is 85.4 Å². The van der Waals surface area contributed by atoms with Crippen molar-refractivity contribution in [2.24, 2.45) is 17.6 Å². The molecule has 0 bridgehead atoms. The van der Waals surface area contributed by atoms with Gasteiger partial charge in [-0.3, -0.25) is 0 Å². The predicted octanol–water partition coefficient (Wildman–Crippen LogP) is 1.06. The summed E-state index contributed by atoms with van der Waals surface area (Å²) in [5.41, 5.74) is 5.61. The maximum absolute atomic E-state index is 11.1. The zero-order chi connectivity index (χ0) is 10.6. The highest BCUT2D eigenvalue weighted by Crippen LogP contribution is 2.30. The summed E-state index contributed by atoms with van der Waals surface area (Å²) in [5.74, 6) is 1.26. The quantitative estimate of drug-likeness (QED) is 0.741. The number of amides is 1. The van der Waals surface area contributed by atoms with E-state index >= 15 is 0 Å². The lowest BCUT2D eigenvalue weighted by Crippen LogP contribution is -2.31. The zero-order valence-electron chi connectivity index (χ0n) is 9.03. The lowest BCUT2D eigenvalue weighted by atomic mass is 10.1. The number of carbonyl (C=O) groups excluding carboxylic acids is 1. The minimum absolute atomic E-state index is 0.249. The molecule has 1 rings (SSSR count). The Morgan fingerprint density at radius 1 is 1.50 bits per heavy atom. The third kappa shape index (κ3) is 2.87. The van der Waals surface area contributed by atoms with Crippen LogP contribution in [0.5, 0.6) is 0 Å². The summed E-state index contributed by atoms with van der Waals surface area (Å²) >= 11 is 0. The molecule has 1 amide bonds. The van der Waals surface area contributed by atoms with Crippen molar-refractivity contribution in [2.75, 3.05) is 27.2 Å². The molecule has 4 heteroatoms. The van der Waals surface area contributed by atoms with Gasteiger partial charge in [-0.25, -0.2) is 4.79 Å². The van der Waals surface area contributed by atoms with Crippen LogP contribution in [-0.2, 0) is 4.74 Å². The number of carbonyl (C=O) groups is 1. The lowest BCUT2D eigenvalue weighted by Gasteiger charge is -2.19. The monoisotopic (exact) mass is 200 g/mol. The van der Waals surface area contributed by atoms with E-state index in [1.165, 1.54) is 20.0 Å². The summed E-state index contributed by atoms with van der Waals surface area (Å²) in [5, 5.41) is 0. The Morgan fingerprint density at radius 2 is 2.14 bits per heavy atom. The normalized spacial score (nSPS) is 26.2. The van der Waals surface area contributed by atoms with Crippen molar-refractivity contribution < 1.29 is 9.53 Å². The SMILES string of the molecule is COC(=O)N(C)CC1CCC(CN)C1. The van der Waals surface area contributed by atoms with Crippen LogP contribution >= 0.6 is 0 Å². The number of nitrogens with two attached hydrogens (primary N) is 1. The van der Waals surface area contributed by atoms with Crippen molar-refractivity contribution in [3.63, 3.8) is 0 Å². The Balaban J connectivity index is 2.28. The Bertz CT molecular complexity index is 197. The number of hydrogen-bond acceptors (Lipinski definition) is 3. The van der Waals surface area contributed by atoms with Crippen LogP contribution in [0.25, 0.3) is 0 Å². The van der Waals surface area contributed by atoms with Crippen LogP contribution in [0.4, 0.5) is 4.79 Å². The van der Waals surface area contributed by atoms with Gasteiger partial charge in [-0.2, -0.15) is 0 Å². The van der Waals surface area contributed by atoms with Gasteiger partial charge < -0.3 is 15.4 Å². The molecular weight excluding hydrogens is 180 g/mol. The molecule has 0 saturated heterocycles. The molecule has 14 heavy (non-hydrogen) atoms. The van der Waals surface area contributed by atoms with Gasteiger partial charge in [0, 0.05) is 13.6 Å². The van der Waals surface area contributed by atoms with Crippen molar-refractivity contribution in [3.8, 4) is 0 Å². The number of ether oxygens (including phenoxy) is 1. The summed E-state index contributed by atoms with van der Waals surface area (Å²) in [7, 11) is 3.19. The minimum atomic E-state index is -0.249. The topological polar surface area (TPSA) is 55.6 Å². The summed E-state index contributed by atoms with van der Waals surface area (Å²) in [6, 6.07) is 0. The molecule has 2 N–H and O–H groups in total. The molecule has 0 aromatic rings. The third-order valence-corrected chi connectivity index (χ3v) is 3.00. The molecule has 2 atom stereocenters. The first-order valence-corrected chi connectivity index (χ1v) is 5.16. The van der Waals surface area contributed by atoms with Gasteiger partial charge in [0.05, 0.1) is 7.11 Å². The molecule has 4 nitrogen and oxygen atoms in total. The van der Waals surface area contributed by atoms with Crippen LogP contribution in [0.15, 0.2) is 0 Å². The predicted molar refractivity (Wildman–Crippen MR) is 54.9 cm³/mol. The average molecular weight is 200 g/mol. The van der Waals surface area contributed by atoms with Gasteiger partial charge in [-0.05, 0) is 37.6 Å². The molecular formula is C10H20N2O2. The van der Waals surface area contributed by atoms with E-state index in [1.807, 2.05) is 0 Å². The Hall–Kier alpha value is -0.770. The van der Waals surface area contributed by atoms with E-state index in [-0.39, 0.29) is 6.09 Å². The van der Waals surface area contributed by atoms with Gasteiger partial charge in [0.25, 0.3) is 0 Å². The summed E-state index contributed by atoms with van der Waals surface area (Å²) in [4.78, 5) is 12.8. The number of rotatable bonds is 3.